The van der Waals surface area contributed by atoms with Crippen molar-refractivity contribution in [3.05, 3.63) is 51.2 Å². The van der Waals surface area contributed by atoms with Crippen molar-refractivity contribution in [2.75, 3.05) is 18.4 Å². The first-order valence-electron chi connectivity index (χ1n) is 6.25. The number of nitrogens with one attached hydrogen (secondary N) is 2. The van der Waals surface area contributed by atoms with E-state index < -0.39 is 23.2 Å². The van der Waals surface area contributed by atoms with Gasteiger partial charge in [-0.1, -0.05) is 17.7 Å². The zero-order valence-electron chi connectivity index (χ0n) is 11.0. The number of halogens is 3. The number of para-hydroxylation sites is 1. The largest absolute Gasteiger partial charge is 0.320 e. The van der Waals surface area contributed by atoms with E-state index in [0.717, 1.165) is 27.8 Å². The van der Waals surface area contributed by atoms with Gasteiger partial charge in [0.1, 0.15) is 17.3 Å². The molecule has 0 aliphatic heterocycles. The summed E-state index contributed by atoms with van der Waals surface area (Å²) in [5.74, 6) is -2.09. The molecule has 0 saturated heterocycles. The second-order valence-corrected chi connectivity index (χ2v) is 6.08. The SMILES string of the molecule is O=C(CNCCc1ccc(Cl)s1)Nc1c(F)cccc1F. The Balaban J connectivity index is 1.75. The lowest BCUT2D eigenvalue weighted by Gasteiger charge is -2.08. The van der Waals surface area contributed by atoms with Gasteiger partial charge < -0.3 is 10.6 Å². The highest BCUT2D eigenvalue weighted by Crippen LogP contribution is 2.21. The van der Waals surface area contributed by atoms with Crippen LogP contribution in [0.1, 0.15) is 4.88 Å². The Kier molecular flexibility index (Phi) is 5.67. The molecule has 0 unspecified atom stereocenters. The highest BCUT2D eigenvalue weighted by molar-refractivity contribution is 7.16. The first-order valence-corrected chi connectivity index (χ1v) is 7.44. The zero-order valence-corrected chi connectivity index (χ0v) is 12.5. The molecule has 0 spiro atoms. The molecule has 3 nitrogen and oxygen atoms in total. The van der Waals surface area contributed by atoms with Crippen LogP contribution in [0.5, 0.6) is 0 Å². The Bertz CT molecular complexity index is 613. The molecule has 0 bridgehead atoms. The normalized spacial score (nSPS) is 10.6. The summed E-state index contributed by atoms with van der Waals surface area (Å²) in [5.41, 5.74) is -0.422. The molecule has 0 fully saturated rings. The summed E-state index contributed by atoms with van der Waals surface area (Å²) in [7, 11) is 0. The number of carbonyl (C=O) groups excluding carboxylic acids is 1. The van der Waals surface area contributed by atoms with E-state index in [1.807, 2.05) is 12.1 Å². The molecule has 2 N–H and O–H groups in total. The fourth-order valence-electron chi connectivity index (χ4n) is 1.70. The van der Waals surface area contributed by atoms with Crippen molar-refractivity contribution in [2.24, 2.45) is 0 Å². The molecular weight excluding hydrogens is 318 g/mol. The summed E-state index contributed by atoms with van der Waals surface area (Å²) in [4.78, 5) is 12.7. The average Bonchev–Trinajstić information content (AvgIpc) is 2.85. The minimum Gasteiger partial charge on any atom is -0.320 e. The van der Waals surface area contributed by atoms with Crippen molar-refractivity contribution in [2.45, 2.75) is 6.42 Å². The van der Waals surface area contributed by atoms with Gasteiger partial charge in [0.25, 0.3) is 0 Å². The number of hydrogen-bond donors (Lipinski definition) is 2. The molecule has 0 saturated carbocycles. The fraction of sp³-hybridized carbons (Fsp3) is 0.214. The third kappa shape index (κ3) is 4.77. The van der Waals surface area contributed by atoms with Gasteiger partial charge in [-0.05, 0) is 30.7 Å². The van der Waals surface area contributed by atoms with Gasteiger partial charge >= 0.3 is 0 Å². The van der Waals surface area contributed by atoms with Gasteiger partial charge in [0, 0.05) is 11.4 Å². The quantitative estimate of drug-likeness (QED) is 0.796. The number of carbonyl (C=O) groups is 1. The third-order valence-electron chi connectivity index (χ3n) is 2.69. The van der Waals surface area contributed by atoms with Crippen molar-refractivity contribution in [1.82, 2.24) is 5.32 Å². The van der Waals surface area contributed by atoms with Crippen LogP contribution in [0.15, 0.2) is 30.3 Å². The molecule has 1 aromatic heterocycles. The maximum Gasteiger partial charge on any atom is 0.238 e. The van der Waals surface area contributed by atoms with Gasteiger partial charge in [0.05, 0.1) is 10.9 Å². The molecule has 0 aliphatic carbocycles. The van der Waals surface area contributed by atoms with Gasteiger partial charge in [0.2, 0.25) is 5.91 Å². The summed E-state index contributed by atoms with van der Waals surface area (Å²) in [5, 5.41) is 5.12. The Morgan fingerprint density at radius 2 is 1.90 bits per heavy atom. The lowest BCUT2D eigenvalue weighted by molar-refractivity contribution is -0.115. The minimum absolute atomic E-state index is 0.0210. The van der Waals surface area contributed by atoms with E-state index in [-0.39, 0.29) is 6.54 Å². The number of rotatable bonds is 6. The predicted molar refractivity (Wildman–Crippen MR) is 80.9 cm³/mol. The summed E-state index contributed by atoms with van der Waals surface area (Å²) in [6.07, 6.45) is 0.735. The second kappa shape index (κ2) is 7.49. The monoisotopic (exact) mass is 330 g/mol. The lowest BCUT2D eigenvalue weighted by atomic mass is 10.3. The van der Waals surface area contributed by atoms with Gasteiger partial charge in [-0.3, -0.25) is 4.79 Å². The molecule has 2 rings (SSSR count). The van der Waals surface area contributed by atoms with Crippen LogP contribution in [-0.4, -0.2) is 19.0 Å². The Morgan fingerprint density at radius 3 is 2.52 bits per heavy atom. The average molecular weight is 331 g/mol. The summed E-state index contributed by atoms with van der Waals surface area (Å²) < 4.78 is 27.4. The van der Waals surface area contributed by atoms with Crippen LogP contribution in [-0.2, 0) is 11.2 Å². The van der Waals surface area contributed by atoms with E-state index in [0.29, 0.717) is 6.54 Å². The fourth-order valence-corrected chi connectivity index (χ4v) is 2.79. The number of anilines is 1. The van der Waals surface area contributed by atoms with Crippen molar-refractivity contribution in [3.63, 3.8) is 0 Å². The molecule has 1 amide bonds. The lowest BCUT2D eigenvalue weighted by Crippen LogP contribution is -2.30. The topological polar surface area (TPSA) is 41.1 Å². The molecule has 7 heteroatoms. The van der Waals surface area contributed by atoms with Crippen LogP contribution in [0.25, 0.3) is 0 Å². The highest BCUT2D eigenvalue weighted by atomic mass is 35.5. The van der Waals surface area contributed by atoms with Crippen molar-refractivity contribution in [1.29, 1.82) is 0 Å². The van der Waals surface area contributed by atoms with E-state index >= 15 is 0 Å². The van der Waals surface area contributed by atoms with Gasteiger partial charge in [-0.2, -0.15) is 0 Å². The van der Waals surface area contributed by atoms with Crippen molar-refractivity contribution in [3.8, 4) is 0 Å². The summed E-state index contributed by atoms with van der Waals surface area (Å²) >= 11 is 7.29. The van der Waals surface area contributed by atoms with E-state index in [1.165, 1.54) is 17.4 Å². The Labute approximate surface area is 129 Å². The van der Waals surface area contributed by atoms with E-state index in [4.69, 9.17) is 11.6 Å². The van der Waals surface area contributed by atoms with Crippen LogP contribution in [0.2, 0.25) is 4.34 Å². The molecule has 21 heavy (non-hydrogen) atoms. The first kappa shape index (κ1) is 15.9. The smallest absolute Gasteiger partial charge is 0.238 e. The maximum absolute atomic E-state index is 13.3. The number of benzene rings is 1. The summed E-state index contributed by atoms with van der Waals surface area (Å²) in [6.45, 7) is 0.552. The molecule has 1 aromatic carbocycles. The molecular formula is C14H13ClF2N2OS. The maximum atomic E-state index is 13.3. The van der Waals surface area contributed by atoms with E-state index in [2.05, 4.69) is 10.6 Å². The molecule has 0 aliphatic rings. The van der Waals surface area contributed by atoms with E-state index in [9.17, 15) is 13.6 Å². The standard InChI is InChI=1S/C14H13ClF2N2OS/c15-12-5-4-9(21-12)6-7-18-8-13(20)19-14-10(16)2-1-3-11(14)17/h1-5,18H,6-8H2,(H,19,20). The Hall–Kier alpha value is -1.50. The predicted octanol–water partition coefficient (Wildman–Crippen LogP) is 3.45. The molecule has 2 aromatic rings. The van der Waals surface area contributed by atoms with Crippen molar-refractivity contribution >= 4 is 34.5 Å². The van der Waals surface area contributed by atoms with E-state index in [1.54, 1.807) is 0 Å². The molecule has 0 atom stereocenters. The minimum atomic E-state index is -0.795. The summed E-state index contributed by atoms with van der Waals surface area (Å²) in [6, 6.07) is 7.16. The number of amides is 1. The Morgan fingerprint density at radius 1 is 1.19 bits per heavy atom. The number of thiophene rings is 1. The van der Waals surface area contributed by atoms with Crippen LogP contribution < -0.4 is 10.6 Å². The van der Waals surface area contributed by atoms with Gasteiger partial charge in [-0.15, -0.1) is 11.3 Å². The van der Waals surface area contributed by atoms with Crippen LogP contribution in [0.4, 0.5) is 14.5 Å². The van der Waals surface area contributed by atoms with Crippen molar-refractivity contribution < 1.29 is 13.6 Å². The van der Waals surface area contributed by atoms with Gasteiger partial charge in [0.15, 0.2) is 0 Å². The van der Waals surface area contributed by atoms with Crippen LogP contribution in [0, 0.1) is 11.6 Å². The van der Waals surface area contributed by atoms with Gasteiger partial charge in [-0.25, -0.2) is 8.78 Å². The molecule has 112 valence electrons. The highest BCUT2D eigenvalue weighted by Gasteiger charge is 2.11. The van der Waals surface area contributed by atoms with Crippen LogP contribution >= 0.6 is 22.9 Å². The number of hydrogen-bond acceptors (Lipinski definition) is 3. The third-order valence-corrected chi connectivity index (χ3v) is 3.98. The molecule has 0 radical (unpaired) electrons. The second-order valence-electron chi connectivity index (χ2n) is 4.28. The molecule has 1 heterocycles. The van der Waals surface area contributed by atoms with Crippen LogP contribution in [0.3, 0.4) is 0 Å². The first-order chi connectivity index (χ1) is 10.1. The zero-order chi connectivity index (χ0) is 15.2.